The fourth-order valence-corrected chi connectivity index (χ4v) is 1.80. The molecule has 5 N–H and O–H groups in total. The second-order valence-corrected chi connectivity index (χ2v) is 4.82. The molecule has 0 bridgehead atoms. The van der Waals surface area contributed by atoms with Crippen molar-refractivity contribution in [2.24, 2.45) is 5.73 Å². The van der Waals surface area contributed by atoms with Gasteiger partial charge in [0.1, 0.15) is 5.75 Å². The van der Waals surface area contributed by atoms with Crippen molar-refractivity contribution in [1.29, 1.82) is 0 Å². The number of hydrogen-bond acceptors (Lipinski definition) is 4. The lowest BCUT2D eigenvalue weighted by Crippen LogP contribution is -2.24. The molecular formula is C16H25N3O2. The van der Waals surface area contributed by atoms with Crippen LogP contribution < -0.4 is 16.4 Å². The summed E-state index contributed by atoms with van der Waals surface area (Å²) in [7, 11) is 0. The molecule has 0 fully saturated rings. The lowest BCUT2D eigenvalue weighted by Gasteiger charge is -2.04. The standard InChI is InChI=1S/C16H25N3O2/c17-9-4-11-18-10-1-2-12-19-16(21)8-7-14-5-3-6-15(20)13-14/h3,5-8,13,18,20H,1-2,4,9-12,17H2,(H,19,21)/b8-7+. The Kier molecular flexibility index (Phi) is 8.91. The van der Waals surface area contributed by atoms with Crippen molar-refractivity contribution < 1.29 is 9.90 Å². The number of phenols is 1. The fraction of sp³-hybridized carbons (Fsp3) is 0.438. The Morgan fingerprint density at radius 1 is 1.19 bits per heavy atom. The van der Waals surface area contributed by atoms with Crippen LogP contribution in [0, 0.1) is 0 Å². The van der Waals surface area contributed by atoms with E-state index >= 15 is 0 Å². The highest BCUT2D eigenvalue weighted by molar-refractivity contribution is 5.91. The maximum absolute atomic E-state index is 11.6. The highest BCUT2D eigenvalue weighted by atomic mass is 16.3. The summed E-state index contributed by atoms with van der Waals surface area (Å²) in [6, 6.07) is 6.77. The molecule has 0 saturated heterocycles. The van der Waals surface area contributed by atoms with Crippen LogP contribution in [0.15, 0.2) is 30.3 Å². The van der Waals surface area contributed by atoms with E-state index in [0.29, 0.717) is 13.1 Å². The number of nitrogens with one attached hydrogen (secondary N) is 2. The van der Waals surface area contributed by atoms with Gasteiger partial charge in [-0.3, -0.25) is 4.79 Å². The van der Waals surface area contributed by atoms with Gasteiger partial charge < -0.3 is 21.5 Å². The molecule has 5 heteroatoms. The zero-order chi connectivity index (χ0) is 15.3. The van der Waals surface area contributed by atoms with Gasteiger partial charge in [-0.2, -0.15) is 0 Å². The van der Waals surface area contributed by atoms with Crippen LogP contribution in [0.1, 0.15) is 24.8 Å². The molecule has 21 heavy (non-hydrogen) atoms. The molecule has 116 valence electrons. The molecule has 0 unspecified atom stereocenters. The lowest BCUT2D eigenvalue weighted by molar-refractivity contribution is -0.116. The summed E-state index contributed by atoms with van der Waals surface area (Å²) in [5.41, 5.74) is 6.20. The number of benzene rings is 1. The number of amides is 1. The van der Waals surface area contributed by atoms with Gasteiger partial charge in [-0.1, -0.05) is 12.1 Å². The fourth-order valence-electron chi connectivity index (χ4n) is 1.80. The Morgan fingerprint density at radius 2 is 1.95 bits per heavy atom. The van der Waals surface area contributed by atoms with E-state index in [1.807, 2.05) is 6.07 Å². The van der Waals surface area contributed by atoms with E-state index in [4.69, 9.17) is 5.73 Å². The van der Waals surface area contributed by atoms with Crippen molar-refractivity contribution in [2.45, 2.75) is 19.3 Å². The van der Waals surface area contributed by atoms with Crippen LogP contribution >= 0.6 is 0 Å². The number of nitrogens with two attached hydrogens (primary N) is 1. The molecule has 5 nitrogen and oxygen atoms in total. The molecule has 0 aromatic heterocycles. The quantitative estimate of drug-likeness (QED) is 0.386. The van der Waals surface area contributed by atoms with Gasteiger partial charge in [0.05, 0.1) is 0 Å². The minimum Gasteiger partial charge on any atom is -0.508 e. The first-order valence-corrected chi connectivity index (χ1v) is 7.38. The third-order valence-electron chi connectivity index (χ3n) is 2.93. The van der Waals surface area contributed by atoms with E-state index < -0.39 is 0 Å². The molecule has 0 atom stereocenters. The number of rotatable bonds is 10. The third kappa shape index (κ3) is 8.83. The first-order valence-electron chi connectivity index (χ1n) is 7.38. The first kappa shape index (κ1) is 17.2. The summed E-state index contributed by atoms with van der Waals surface area (Å²) in [5, 5.41) is 15.4. The van der Waals surface area contributed by atoms with E-state index in [-0.39, 0.29) is 11.7 Å². The molecule has 0 radical (unpaired) electrons. The Hall–Kier alpha value is -1.85. The second kappa shape index (κ2) is 10.9. The van der Waals surface area contributed by atoms with Crippen LogP contribution in [0.4, 0.5) is 0 Å². The monoisotopic (exact) mass is 291 g/mol. The molecule has 0 aliphatic heterocycles. The molecule has 1 aromatic carbocycles. The highest BCUT2D eigenvalue weighted by Crippen LogP contribution is 2.11. The van der Waals surface area contributed by atoms with Crippen LogP contribution in [0.2, 0.25) is 0 Å². The largest absolute Gasteiger partial charge is 0.508 e. The SMILES string of the molecule is NCCCNCCCCNC(=O)/C=C/c1cccc(O)c1. The van der Waals surface area contributed by atoms with Gasteiger partial charge in [0.2, 0.25) is 5.91 Å². The summed E-state index contributed by atoms with van der Waals surface area (Å²) < 4.78 is 0. The molecule has 0 heterocycles. The number of carbonyl (C=O) groups excluding carboxylic acids is 1. The van der Waals surface area contributed by atoms with Crippen molar-refractivity contribution in [3.8, 4) is 5.75 Å². The van der Waals surface area contributed by atoms with Crippen molar-refractivity contribution in [1.82, 2.24) is 10.6 Å². The topological polar surface area (TPSA) is 87.4 Å². The van der Waals surface area contributed by atoms with Crippen LogP contribution in [0.25, 0.3) is 6.08 Å². The van der Waals surface area contributed by atoms with Crippen molar-refractivity contribution in [2.75, 3.05) is 26.2 Å². The van der Waals surface area contributed by atoms with Crippen molar-refractivity contribution in [3.63, 3.8) is 0 Å². The normalized spacial score (nSPS) is 10.9. The van der Waals surface area contributed by atoms with E-state index in [1.54, 1.807) is 24.3 Å². The maximum Gasteiger partial charge on any atom is 0.243 e. The Morgan fingerprint density at radius 3 is 2.71 bits per heavy atom. The van der Waals surface area contributed by atoms with E-state index in [9.17, 15) is 9.90 Å². The number of carbonyl (C=O) groups is 1. The van der Waals surface area contributed by atoms with Crippen LogP contribution in [0.5, 0.6) is 5.75 Å². The summed E-state index contributed by atoms with van der Waals surface area (Å²) in [5.74, 6) is 0.0779. The minimum absolute atomic E-state index is 0.116. The van der Waals surface area contributed by atoms with E-state index in [0.717, 1.165) is 37.9 Å². The lowest BCUT2D eigenvalue weighted by atomic mass is 10.2. The third-order valence-corrected chi connectivity index (χ3v) is 2.93. The average molecular weight is 291 g/mol. The van der Waals surface area contributed by atoms with Gasteiger partial charge in [-0.25, -0.2) is 0 Å². The van der Waals surface area contributed by atoms with Gasteiger partial charge >= 0.3 is 0 Å². The summed E-state index contributed by atoms with van der Waals surface area (Å²) in [4.78, 5) is 11.6. The Labute approximate surface area is 126 Å². The van der Waals surface area contributed by atoms with Gasteiger partial charge in [-0.05, 0) is 62.7 Å². The molecule has 0 spiro atoms. The summed E-state index contributed by atoms with van der Waals surface area (Å²) in [6.07, 6.45) is 6.14. The van der Waals surface area contributed by atoms with Gasteiger partial charge in [0.25, 0.3) is 0 Å². The highest BCUT2D eigenvalue weighted by Gasteiger charge is 1.96. The molecule has 1 rings (SSSR count). The van der Waals surface area contributed by atoms with Gasteiger partial charge in [-0.15, -0.1) is 0 Å². The summed E-state index contributed by atoms with van der Waals surface area (Å²) >= 11 is 0. The molecule has 0 aliphatic carbocycles. The smallest absolute Gasteiger partial charge is 0.243 e. The zero-order valence-corrected chi connectivity index (χ0v) is 12.3. The molecule has 1 amide bonds. The molecule has 1 aromatic rings. The Balaban J connectivity index is 2.09. The van der Waals surface area contributed by atoms with Gasteiger partial charge in [0, 0.05) is 12.6 Å². The van der Waals surface area contributed by atoms with E-state index in [2.05, 4.69) is 10.6 Å². The second-order valence-electron chi connectivity index (χ2n) is 4.82. The van der Waals surface area contributed by atoms with Crippen LogP contribution in [-0.2, 0) is 4.79 Å². The van der Waals surface area contributed by atoms with Crippen molar-refractivity contribution >= 4 is 12.0 Å². The molecule has 0 aliphatic rings. The number of unbranched alkanes of at least 4 members (excludes halogenated alkanes) is 1. The van der Waals surface area contributed by atoms with Crippen molar-refractivity contribution in [3.05, 3.63) is 35.9 Å². The molecule has 0 saturated carbocycles. The number of phenolic OH excluding ortho intramolecular Hbond substituents is 1. The van der Waals surface area contributed by atoms with E-state index in [1.165, 1.54) is 6.08 Å². The minimum atomic E-state index is -0.116. The maximum atomic E-state index is 11.6. The predicted molar refractivity (Wildman–Crippen MR) is 85.9 cm³/mol. The summed E-state index contributed by atoms with van der Waals surface area (Å²) in [6.45, 7) is 3.29. The average Bonchev–Trinajstić information content (AvgIpc) is 2.48. The predicted octanol–water partition coefficient (Wildman–Crippen LogP) is 1.24. The van der Waals surface area contributed by atoms with Crippen LogP contribution in [-0.4, -0.2) is 37.2 Å². The number of aromatic hydroxyl groups is 1. The van der Waals surface area contributed by atoms with Crippen LogP contribution in [0.3, 0.4) is 0 Å². The zero-order valence-electron chi connectivity index (χ0n) is 12.3. The first-order chi connectivity index (χ1) is 10.2. The van der Waals surface area contributed by atoms with Gasteiger partial charge in [0.15, 0.2) is 0 Å². The molecular weight excluding hydrogens is 266 g/mol. The number of hydrogen-bond donors (Lipinski definition) is 4. The Bertz CT molecular complexity index is 447.